The van der Waals surface area contributed by atoms with Crippen molar-refractivity contribution in [3.63, 3.8) is 0 Å². The summed E-state index contributed by atoms with van der Waals surface area (Å²) in [7, 11) is 0. The maximum atomic E-state index is 12.7. The Morgan fingerprint density at radius 1 is 1.36 bits per heavy atom. The highest BCUT2D eigenvalue weighted by Crippen LogP contribution is 2.44. The van der Waals surface area contributed by atoms with E-state index in [0.29, 0.717) is 23.5 Å². The molecule has 1 N–H and O–H groups in total. The molecule has 5 rings (SSSR count). The standard InChI is InChI=1S/C22H23N3O2S/c1-13-8-18(14(2)25(13)11-17-4-3-7-27-17)20-12-28-22(23-20)24-21(26)19-10-15-5-6-16(19)9-15/h3-8,12,15-16,19H,9-11H2,1-2H3,(H,23,24,26)/t15-,16+,19+/m1/s1. The van der Waals surface area contributed by atoms with Gasteiger partial charge in [-0.05, 0) is 56.7 Å². The number of hydrogen-bond acceptors (Lipinski definition) is 4. The zero-order chi connectivity index (χ0) is 19.3. The van der Waals surface area contributed by atoms with Crippen LogP contribution in [-0.2, 0) is 11.3 Å². The van der Waals surface area contributed by atoms with E-state index in [4.69, 9.17) is 9.40 Å². The van der Waals surface area contributed by atoms with Gasteiger partial charge in [-0.15, -0.1) is 11.3 Å². The summed E-state index contributed by atoms with van der Waals surface area (Å²) < 4.78 is 7.72. The van der Waals surface area contributed by atoms with Gasteiger partial charge >= 0.3 is 0 Å². The Hall–Kier alpha value is -2.60. The van der Waals surface area contributed by atoms with Crippen molar-refractivity contribution < 1.29 is 9.21 Å². The Kier molecular flexibility index (Phi) is 4.23. The molecule has 1 saturated carbocycles. The molecule has 0 spiro atoms. The molecule has 144 valence electrons. The van der Waals surface area contributed by atoms with Gasteiger partial charge in [0.05, 0.1) is 18.5 Å². The molecule has 3 aromatic rings. The summed E-state index contributed by atoms with van der Waals surface area (Å²) in [5, 5.41) is 5.75. The van der Waals surface area contributed by atoms with Gasteiger partial charge in [-0.25, -0.2) is 4.98 Å². The average Bonchev–Trinajstić information content (AvgIpc) is 3.49. The second-order valence-electron chi connectivity index (χ2n) is 7.86. The third kappa shape index (κ3) is 3.02. The minimum atomic E-state index is 0.0979. The van der Waals surface area contributed by atoms with Crippen LogP contribution in [0.25, 0.3) is 11.3 Å². The maximum Gasteiger partial charge on any atom is 0.229 e. The third-order valence-corrected chi connectivity index (χ3v) is 6.85. The van der Waals surface area contributed by atoms with Gasteiger partial charge in [0.2, 0.25) is 5.91 Å². The zero-order valence-electron chi connectivity index (χ0n) is 16.0. The van der Waals surface area contributed by atoms with E-state index < -0.39 is 0 Å². The van der Waals surface area contributed by atoms with Crippen LogP contribution in [0.1, 0.15) is 30.0 Å². The van der Waals surface area contributed by atoms with Gasteiger partial charge < -0.3 is 14.3 Å². The summed E-state index contributed by atoms with van der Waals surface area (Å²) in [6.45, 7) is 4.90. The quantitative estimate of drug-likeness (QED) is 0.619. The fourth-order valence-corrected chi connectivity index (χ4v) is 5.31. The van der Waals surface area contributed by atoms with Crippen molar-refractivity contribution in [3.05, 3.63) is 59.1 Å². The second-order valence-corrected chi connectivity index (χ2v) is 8.72. The van der Waals surface area contributed by atoms with Crippen LogP contribution in [0.5, 0.6) is 0 Å². The number of aryl methyl sites for hydroxylation is 1. The molecule has 2 aliphatic carbocycles. The van der Waals surface area contributed by atoms with E-state index in [1.54, 1.807) is 6.26 Å². The predicted octanol–water partition coefficient (Wildman–Crippen LogP) is 5.02. The zero-order valence-corrected chi connectivity index (χ0v) is 16.8. The molecule has 1 amide bonds. The number of carbonyl (C=O) groups excluding carboxylic acids is 1. The average molecular weight is 394 g/mol. The molecular formula is C22H23N3O2S. The van der Waals surface area contributed by atoms with Crippen molar-refractivity contribution in [2.45, 2.75) is 33.2 Å². The highest BCUT2D eigenvalue weighted by atomic mass is 32.1. The van der Waals surface area contributed by atoms with E-state index in [-0.39, 0.29) is 11.8 Å². The molecule has 1 fully saturated rings. The number of hydrogen-bond donors (Lipinski definition) is 1. The Bertz CT molecular complexity index is 1040. The number of rotatable bonds is 5. The Labute approximate surface area is 168 Å². The van der Waals surface area contributed by atoms with Crippen LogP contribution in [0, 0.1) is 31.6 Å². The van der Waals surface area contributed by atoms with Crippen molar-refractivity contribution in [2.24, 2.45) is 17.8 Å². The third-order valence-electron chi connectivity index (χ3n) is 6.09. The first kappa shape index (κ1) is 17.5. The molecule has 0 saturated heterocycles. The molecule has 6 heteroatoms. The molecule has 3 aromatic heterocycles. The fraction of sp³-hybridized carbons (Fsp3) is 0.364. The Balaban J connectivity index is 1.33. The summed E-state index contributed by atoms with van der Waals surface area (Å²) >= 11 is 1.49. The maximum absolute atomic E-state index is 12.7. The number of thiazole rings is 1. The number of aromatic nitrogens is 2. The minimum absolute atomic E-state index is 0.0979. The largest absolute Gasteiger partial charge is 0.467 e. The number of carbonyl (C=O) groups is 1. The van der Waals surface area contributed by atoms with E-state index in [1.807, 2.05) is 17.5 Å². The molecule has 2 bridgehead atoms. The first-order valence-electron chi connectivity index (χ1n) is 9.72. The van der Waals surface area contributed by atoms with Crippen LogP contribution < -0.4 is 5.32 Å². The molecule has 2 aliphatic rings. The monoisotopic (exact) mass is 393 g/mol. The first-order valence-corrected chi connectivity index (χ1v) is 10.6. The minimum Gasteiger partial charge on any atom is -0.467 e. The second kappa shape index (κ2) is 6.78. The highest BCUT2D eigenvalue weighted by Gasteiger charge is 2.39. The summed E-state index contributed by atoms with van der Waals surface area (Å²) in [5.41, 5.74) is 4.32. The normalized spacial score (nSPS) is 22.9. The van der Waals surface area contributed by atoms with Gasteiger partial charge in [0.25, 0.3) is 0 Å². The van der Waals surface area contributed by atoms with Gasteiger partial charge in [-0.1, -0.05) is 12.2 Å². The van der Waals surface area contributed by atoms with Crippen LogP contribution in [0.2, 0.25) is 0 Å². The van der Waals surface area contributed by atoms with Crippen LogP contribution in [0.4, 0.5) is 5.13 Å². The molecule has 28 heavy (non-hydrogen) atoms. The van der Waals surface area contributed by atoms with E-state index in [1.165, 1.54) is 11.3 Å². The first-order chi connectivity index (χ1) is 13.6. The number of furan rings is 1. The SMILES string of the molecule is Cc1cc(-c2csc(NC(=O)[C@H]3C[C@@H]4C=C[C@H]3C4)n2)c(C)n1Cc1ccco1. The van der Waals surface area contributed by atoms with Crippen LogP contribution in [0.3, 0.4) is 0 Å². The van der Waals surface area contributed by atoms with Crippen molar-refractivity contribution >= 4 is 22.4 Å². The van der Waals surface area contributed by atoms with Gasteiger partial charge in [0.15, 0.2) is 5.13 Å². The lowest BCUT2D eigenvalue weighted by Crippen LogP contribution is -2.25. The van der Waals surface area contributed by atoms with Crippen molar-refractivity contribution in [1.82, 2.24) is 9.55 Å². The molecule has 0 aromatic carbocycles. The highest BCUT2D eigenvalue weighted by molar-refractivity contribution is 7.14. The lowest BCUT2D eigenvalue weighted by atomic mass is 9.93. The van der Waals surface area contributed by atoms with Crippen molar-refractivity contribution in [1.29, 1.82) is 0 Å². The predicted molar refractivity (Wildman–Crippen MR) is 110 cm³/mol. The molecule has 0 unspecified atom stereocenters. The number of fused-ring (bicyclic) bond motifs is 2. The van der Waals surface area contributed by atoms with E-state index in [0.717, 1.165) is 41.2 Å². The number of nitrogens with zero attached hydrogens (tertiary/aromatic N) is 2. The van der Waals surface area contributed by atoms with E-state index in [2.05, 4.69) is 41.9 Å². The summed E-state index contributed by atoms with van der Waals surface area (Å²) in [6, 6.07) is 6.05. The smallest absolute Gasteiger partial charge is 0.229 e. The topological polar surface area (TPSA) is 60.1 Å². The lowest BCUT2D eigenvalue weighted by molar-refractivity contribution is -0.120. The summed E-state index contributed by atoms with van der Waals surface area (Å²) in [4.78, 5) is 17.4. The number of amides is 1. The molecule has 3 heterocycles. The summed E-state index contributed by atoms with van der Waals surface area (Å²) in [6.07, 6.45) is 8.27. The van der Waals surface area contributed by atoms with Gasteiger partial charge in [0.1, 0.15) is 5.76 Å². The number of anilines is 1. The Morgan fingerprint density at radius 3 is 2.96 bits per heavy atom. The van der Waals surface area contributed by atoms with Crippen LogP contribution >= 0.6 is 11.3 Å². The van der Waals surface area contributed by atoms with Gasteiger partial charge in [-0.3, -0.25) is 4.79 Å². The van der Waals surface area contributed by atoms with Crippen molar-refractivity contribution in [2.75, 3.05) is 5.32 Å². The summed E-state index contributed by atoms with van der Waals surface area (Å²) in [5.74, 6) is 2.14. The Morgan fingerprint density at radius 2 is 2.25 bits per heavy atom. The van der Waals surface area contributed by atoms with Crippen molar-refractivity contribution in [3.8, 4) is 11.3 Å². The van der Waals surface area contributed by atoms with Gasteiger partial charge in [0, 0.05) is 28.2 Å². The molecule has 3 atom stereocenters. The van der Waals surface area contributed by atoms with Crippen LogP contribution in [0.15, 0.2) is 46.4 Å². The number of nitrogens with one attached hydrogen (secondary N) is 1. The van der Waals surface area contributed by atoms with Crippen LogP contribution in [-0.4, -0.2) is 15.5 Å². The molecular weight excluding hydrogens is 370 g/mol. The van der Waals surface area contributed by atoms with E-state index >= 15 is 0 Å². The molecule has 5 nitrogen and oxygen atoms in total. The van der Waals surface area contributed by atoms with E-state index in [9.17, 15) is 4.79 Å². The fourth-order valence-electron chi connectivity index (χ4n) is 4.60. The molecule has 0 radical (unpaired) electrons. The number of allylic oxidation sites excluding steroid dienone is 2. The molecule has 0 aliphatic heterocycles. The van der Waals surface area contributed by atoms with Gasteiger partial charge in [-0.2, -0.15) is 0 Å². The lowest BCUT2D eigenvalue weighted by Gasteiger charge is -2.16.